The number of rotatable bonds is 7. The van der Waals surface area contributed by atoms with Crippen LogP contribution in [-0.4, -0.2) is 19.1 Å². The molecule has 344 valence electrons. The number of benzene rings is 8. The molecule has 0 spiro atoms. The molecule has 10 heteroatoms. The molecule has 0 saturated carbocycles. The van der Waals surface area contributed by atoms with Gasteiger partial charge in [-0.15, -0.1) is 0 Å². The van der Waals surface area contributed by atoms with Gasteiger partial charge < -0.3 is 9.13 Å². The maximum atomic E-state index is 15.4. The number of aryl methyl sites for hydroxylation is 1. The van der Waals surface area contributed by atoms with Gasteiger partial charge in [0.1, 0.15) is 0 Å². The average molecular weight is 941 g/mol. The molecule has 0 fully saturated rings. The first kappa shape index (κ1) is 43.5. The second-order valence-corrected chi connectivity index (χ2v) is 17.6. The summed E-state index contributed by atoms with van der Waals surface area (Å²) in [4.78, 5) is 9.22. The van der Waals surface area contributed by atoms with Gasteiger partial charge in [0.2, 0.25) is 0 Å². The predicted octanol–water partition coefficient (Wildman–Crippen LogP) is 17.4. The molecule has 0 aliphatic rings. The van der Waals surface area contributed by atoms with Crippen molar-refractivity contribution in [1.29, 1.82) is 0 Å². The lowest BCUT2D eigenvalue weighted by atomic mass is 9.90. The van der Waals surface area contributed by atoms with E-state index in [0.717, 1.165) is 95.5 Å². The Morgan fingerprint density at radius 3 is 1.25 bits per heavy atom. The fraction of sp³-hybridized carbons (Fsp3) is 0.0492. The number of hydrogen-bond acceptors (Lipinski definition) is 2. The Morgan fingerprint density at radius 1 is 0.352 bits per heavy atom. The summed E-state index contributed by atoms with van der Waals surface area (Å²) in [7, 11) is 0. The third-order valence-corrected chi connectivity index (χ3v) is 13.4. The number of aromatic nitrogens is 4. The van der Waals surface area contributed by atoms with E-state index in [2.05, 4.69) is 16.0 Å². The van der Waals surface area contributed by atoms with Crippen LogP contribution in [0.4, 0.5) is 26.3 Å². The summed E-state index contributed by atoms with van der Waals surface area (Å²) in [5.74, 6) is 0. The van der Waals surface area contributed by atoms with Crippen LogP contribution in [0.2, 0.25) is 0 Å². The van der Waals surface area contributed by atoms with Gasteiger partial charge in [-0.25, -0.2) is 0 Å². The van der Waals surface area contributed by atoms with Crippen molar-refractivity contribution in [2.45, 2.75) is 19.3 Å². The van der Waals surface area contributed by atoms with Crippen molar-refractivity contribution in [2.24, 2.45) is 0 Å². The van der Waals surface area contributed by atoms with E-state index in [1.807, 2.05) is 175 Å². The summed E-state index contributed by atoms with van der Waals surface area (Å²) in [6, 6.07) is 60.1. The van der Waals surface area contributed by atoms with Crippen molar-refractivity contribution in [3.63, 3.8) is 0 Å². The van der Waals surface area contributed by atoms with Crippen LogP contribution in [0.5, 0.6) is 0 Å². The van der Waals surface area contributed by atoms with Crippen LogP contribution in [0.1, 0.15) is 16.7 Å². The van der Waals surface area contributed by atoms with E-state index in [1.54, 1.807) is 23.0 Å². The topological polar surface area (TPSA) is 35.6 Å². The molecule has 4 heterocycles. The van der Waals surface area contributed by atoms with Crippen LogP contribution in [-0.2, 0) is 12.4 Å². The highest BCUT2D eigenvalue weighted by atomic mass is 19.4. The van der Waals surface area contributed by atoms with E-state index < -0.39 is 29.0 Å². The highest BCUT2D eigenvalue weighted by Gasteiger charge is 2.42. The first-order valence-corrected chi connectivity index (χ1v) is 22.9. The molecule has 8 aromatic carbocycles. The average Bonchev–Trinajstić information content (AvgIpc) is 3.90. The second-order valence-electron chi connectivity index (χ2n) is 17.6. The number of pyridine rings is 2. The molecule has 12 rings (SSSR count). The van der Waals surface area contributed by atoms with Gasteiger partial charge in [0.05, 0.1) is 50.3 Å². The highest BCUT2D eigenvalue weighted by Crippen LogP contribution is 2.49. The van der Waals surface area contributed by atoms with Crippen molar-refractivity contribution in [2.75, 3.05) is 0 Å². The number of halogens is 6. The SMILES string of the molecule is Cc1cc(-n2c3ccccc3c3cc(-c4ccnc(-c5ccccc5)c4)ccc32)c(-c2c(C(F)(F)F)cccc2C(F)(F)F)cc1-n1c2ccccc2c2cc(-c3ccnc(-c4ccccc4)c3)ccc21. The van der Waals surface area contributed by atoms with E-state index in [4.69, 9.17) is 0 Å². The number of nitrogens with zero attached hydrogens (tertiary/aromatic N) is 4. The van der Waals surface area contributed by atoms with E-state index in [9.17, 15) is 0 Å². The molecule has 0 N–H and O–H groups in total. The summed E-state index contributed by atoms with van der Waals surface area (Å²) in [6.45, 7) is 1.85. The summed E-state index contributed by atoms with van der Waals surface area (Å²) >= 11 is 0. The fourth-order valence-corrected chi connectivity index (χ4v) is 10.2. The molecular weight excluding hydrogens is 903 g/mol. The zero-order valence-corrected chi connectivity index (χ0v) is 37.8. The Hall–Kier alpha value is -8.76. The fourth-order valence-electron chi connectivity index (χ4n) is 10.2. The van der Waals surface area contributed by atoms with Crippen molar-refractivity contribution in [3.05, 3.63) is 229 Å². The Balaban J connectivity index is 1.11. The standard InChI is InChI=1S/C61H38F6N4/c1-37-31-58(71-54-22-11-9-18-45(54)47-33-41(24-26-56(47)71)43-28-30-69-52(35-43)39-15-6-3-7-16-39)48(59-49(60(62,63)64)19-12-20-50(59)61(65,66)67)36-57(37)70-53-21-10-8-17-44(53)46-32-40(23-25-55(46)70)42-27-29-68-51(34-42)38-13-4-2-5-14-38/h2-36H,1H3. The van der Waals surface area contributed by atoms with Crippen LogP contribution in [0, 0.1) is 6.92 Å². The van der Waals surface area contributed by atoms with Crippen LogP contribution >= 0.6 is 0 Å². The number of alkyl halides is 6. The lowest BCUT2D eigenvalue weighted by molar-refractivity contribution is -0.142. The van der Waals surface area contributed by atoms with Crippen LogP contribution < -0.4 is 0 Å². The zero-order chi connectivity index (χ0) is 48.6. The van der Waals surface area contributed by atoms with Gasteiger partial charge in [0, 0.05) is 61.9 Å². The lowest BCUT2D eigenvalue weighted by Crippen LogP contribution is -2.15. The molecule has 0 atom stereocenters. The van der Waals surface area contributed by atoms with Crippen molar-refractivity contribution in [3.8, 4) is 67.3 Å². The van der Waals surface area contributed by atoms with Crippen LogP contribution in [0.15, 0.2) is 213 Å². The Morgan fingerprint density at radius 2 is 0.775 bits per heavy atom. The lowest BCUT2D eigenvalue weighted by Gasteiger charge is -2.24. The molecule has 0 bridgehead atoms. The normalized spacial score (nSPS) is 12.2. The molecule has 0 aliphatic heterocycles. The van der Waals surface area contributed by atoms with Crippen molar-refractivity contribution >= 4 is 43.6 Å². The third-order valence-electron chi connectivity index (χ3n) is 13.4. The zero-order valence-electron chi connectivity index (χ0n) is 37.8. The minimum atomic E-state index is -5.14. The Bertz CT molecular complexity index is 4000. The van der Waals surface area contributed by atoms with E-state index in [-0.39, 0.29) is 11.3 Å². The molecular formula is C61H38F6N4. The molecule has 0 amide bonds. The van der Waals surface area contributed by atoms with Crippen molar-refractivity contribution in [1.82, 2.24) is 19.1 Å². The smallest absolute Gasteiger partial charge is 0.309 e. The molecule has 12 aromatic rings. The first-order valence-electron chi connectivity index (χ1n) is 22.9. The largest absolute Gasteiger partial charge is 0.417 e. The highest BCUT2D eigenvalue weighted by molar-refractivity contribution is 6.12. The Kier molecular flexibility index (Phi) is 10.3. The van der Waals surface area contributed by atoms with Crippen molar-refractivity contribution < 1.29 is 26.3 Å². The van der Waals surface area contributed by atoms with Gasteiger partial charge in [0.25, 0.3) is 0 Å². The van der Waals surface area contributed by atoms with Crippen LogP contribution in [0.25, 0.3) is 111 Å². The number of hydrogen-bond donors (Lipinski definition) is 0. The number of para-hydroxylation sites is 2. The van der Waals surface area contributed by atoms with Gasteiger partial charge in [-0.3, -0.25) is 9.97 Å². The van der Waals surface area contributed by atoms with Gasteiger partial charge in [-0.1, -0.05) is 115 Å². The molecule has 0 radical (unpaired) electrons. The second kappa shape index (κ2) is 16.7. The summed E-state index contributed by atoms with van der Waals surface area (Å²) in [5, 5.41) is 3.27. The van der Waals surface area contributed by atoms with Crippen LogP contribution in [0.3, 0.4) is 0 Å². The predicted molar refractivity (Wildman–Crippen MR) is 273 cm³/mol. The summed E-state index contributed by atoms with van der Waals surface area (Å²) in [5.41, 5.74) is 7.04. The maximum absolute atomic E-state index is 15.4. The summed E-state index contributed by atoms with van der Waals surface area (Å²) < 4.78 is 96.2. The number of fused-ring (bicyclic) bond motifs is 6. The monoisotopic (exact) mass is 940 g/mol. The van der Waals surface area contributed by atoms with Gasteiger partial charge in [-0.05, 0) is 120 Å². The molecule has 71 heavy (non-hydrogen) atoms. The Labute approximate surface area is 403 Å². The molecule has 0 aliphatic carbocycles. The van der Waals surface area contributed by atoms with E-state index in [0.29, 0.717) is 22.3 Å². The van der Waals surface area contributed by atoms with Gasteiger partial charge >= 0.3 is 12.4 Å². The molecule has 0 saturated heterocycles. The van der Waals surface area contributed by atoms with Gasteiger partial charge in [0.15, 0.2) is 0 Å². The first-order chi connectivity index (χ1) is 34.4. The molecule has 0 unspecified atom stereocenters. The minimum absolute atomic E-state index is 0.164. The quantitative estimate of drug-likeness (QED) is 0.149. The van der Waals surface area contributed by atoms with E-state index in [1.165, 1.54) is 6.07 Å². The summed E-state index contributed by atoms with van der Waals surface area (Å²) in [6.07, 6.45) is -6.77. The van der Waals surface area contributed by atoms with E-state index >= 15 is 26.3 Å². The minimum Gasteiger partial charge on any atom is -0.309 e. The molecule has 4 aromatic heterocycles. The molecule has 4 nitrogen and oxygen atoms in total. The van der Waals surface area contributed by atoms with Gasteiger partial charge in [-0.2, -0.15) is 26.3 Å². The maximum Gasteiger partial charge on any atom is 0.417 e. The third kappa shape index (κ3) is 7.50.